The van der Waals surface area contributed by atoms with E-state index in [1.54, 1.807) is 6.07 Å². The predicted molar refractivity (Wildman–Crippen MR) is 90.9 cm³/mol. The van der Waals surface area contributed by atoms with Gasteiger partial charge in [-0.3, -0.25) is 0 Å². The van der Waals surface area contributed by atoms with Crippen LogP contribution in [-0.4, -0.2) is 0 Å². The minimum atomic E-state index is 0.592. The molecule has 0 bridgehead atoms. The SMILES string of the molecule is N#Cc1ccccc1C#Cc1ccc2oc3ccccc3c2c1. The number of benzene rings is 3. The minimum Gasteiger partial charge on any atom is -0.456 e. The van der Waals surface area contributed by atoms with Gasteiger partial charge in [-0.1, -0.05) is 42.2 Å². The summed E-state index contributed by atoms with van der Waals surface area (Å²) in [6.07, 6.45) is 0. The monoisotopic (exact) mass is 293 g/mol. The van der Waals surface area contributed by atoms with Crippen molar-refractivity contribution in [3.63, 3.8) is 0 Å². The lowest BCUT2D eigenvalue weighted by molar-refractivity contribution is 0.669. The Labute approximate surface area is 133 Å². The molecule has 0 radical (unpaired) electrons. The van der Waals surface area contributed by atoms with Crippen LogP contribution in [0.5, 0.6) is 0 Å². The zero-order chi connectivity index (χ0) is 15.6. The Balaban J connectivity index is 1.83. The van der Waals surface area contributed by atoms with E-state index in [1.165, 1.54) is 0 Å². The summed E-state index contributed by atoms with van der Waals surface area (Å²) < 4.78 is 5.82. The average Bonchev–Trinajstić information content (AvgIpc) is 2.98. The predicted octanol–water partition coefficient (Wildman–Crippen LogP) is 4.86. The fraction of sp³-hybridized carbons (Fsp3) is 0. The molecule has 0 saturated carbocycles. The normalized spacial score (nSPS) is 10.2. The van der Waals surface area contributed by atoms with E-state index in [9.17, 15) is 0 Å². The maximum atomic E-state index is 9.12. The second-order valence-corrected chi connectivity index (χ2v) is 5.22. The first-order chi connectivity index (χ1) is 11.3. The molecule has 0 atom stereocenters. The van der Waals surface area contributed by atoms with Crippen molar-refractivity contribution < 1.29 is 4.42 Å². The summed E-state index contributed by atoms with van der Waals surface area (Å²) in [5.41, 5.74) is 3.97. The molecule has 23 heavy (non-hydrogen) atoms. The third kappa shape index (κ3) is 2.33. The van der Waals surface area contributed by atoms with Gasteiger partial charge in [0.25, 0.3) is 0 Å². The van der Waals surface area contributed by atoms with Crippen molar-refractivity contribution in [1.29, 1.82) is 5.26 Å². The van der Waals surface area contributed by atoms with E-state index in [1.807, 2.05) is 60.7 Å². The molecule has 3 aromatic carbocycles. The molecule has 0 saturated heterocycles. The molecule has 106 valence electrons. The van der Waals surface area contributed by atoms with Crippen LogP contribution in [0.4, 0.5) is 0 Å². The van der Waals surface area contributed by atoms with E-state index in [0.29, 0.717) is 5.56 Å². The topological polar surface area (TPSA) is 36.9 Å². The minimum absolute atomic E-state index is 0.592. The van der Waals surface area contributed by atoms with Crippen molar-refractivity contribution in [1.82, 2.24) is 0 Å². The molecule has 2 nitrogen and oxygen atoms in total. The van der Waals surface area contributed by atoms with Gasteiger partial charge in [0, 0.05) is 21.9 Å². The molecule has 0 aliphatic carbocycles. The fourth-order valence-corrected chi connectivity index (χ4v) is 2.63. The van der Waals surface area contributed by atoms with Crippen molar-refractivity contribution >= 4 is 21.9 Å². The van der Waals surface area contributed by atoms with Crippen molar-refractivity contribution in [3.05, 3.63) is 83.4 Å². The average molecular weight is 293 g/mol. The van der Waals surface area contributed by atoms with Crippen molar-refractivity contribution in [3.8, 4) is 17.9 Å². The van der Waals surface area contributed by atoms with Crippen LogP contribution in [-0.2, 0) is 0 Å². The summed E-state index contributed by atoms with van der Waals surface area (Å²) in [7, 11) is 0. The summed E-state index contributed by atoms with van der Waals surface area (Å²) in [6.45, 7) is 0. The van der Waals surface area contributed by atoms with Gasteiger partial charge in [0.1, 0.15) is 17.2 Å². The first-order valence-corrected chi connectivity index (χ1v) is 7.27. The van der Waals surface area contributed by atoms with E-state index in [0.717, 1.165) is 33.1 Å². The zero-order valence-corrected chi connectivity index (χ0v) is 12.2. The van der Waals surface area contributed by atoms with Gasteiger partial charge in [-0.2, -0.15) is 5.26 Å². The highest BCUT2D eigenvalue weighted by atomic mass is 16.3. The Kier molecular flexibility index (Phi) is 3.08. The van der Waals surface area contributed by atoms with Gasteiger partial charge in [0.15, 0.2) is 0 Å². The number of para-hydroxylation sites is 1. The molecular formula is C21H11NO. The molecule has 0 N–H and O–H groups in total. The Morgan fingerprint density at radius 1 is 0.696 bits per heavy atom. The zero-order valence-electron chi connectivity index (χ0n) is 12.2. The van der Waals surface area contributed by atoms with Gasteiger partial charge in [0.2, 0.25) is 0 Å². The molecule has 1 aromatic heterocycles. The molecule has 2 heteroatoms. The van der Waals surface area contributed by atoms with Crippen LogP contribution in [0.1, 0.15) is 16.7 Å². The molecule has 4 aromatic rings. The lowest BCUT2D eigenvalue weighted by atomic mass is 10.1. The van der Waals surface area contributed by atoms with Gasteiger partial charge in [-0.25, -0.2) is 0 Å². The van der Waals surface area contributed by atoms with E-state index >= 15 is 0 Å². The van der Waals surface area contributed by atoms with Crippen LogP contribution in [0.25, 0.3) is 21.9 Å². The Morgan fingerprint density at radius 2 is 1.43 bits per heavy atom. The maximum Gasteiger partial charge on any atom is 0.135 e. The van der Waals surface area contributed by atoms with Crippen LogP contribution in [0.3, 0.4) is 0 Å². The van der Waals surface area contributed by atoms with E-state index < -0.39 is 0 Å². The lowest BCUT2D eigenvalue weighted by Gasteiger charge is -1.94. The van der Waals surface area contributed by atoms with Crippen LogP contribution in [0.15, 0.2) is 71.1 Å². The molecule has 0 unspecified atom stereocenters. The molecular weight excluding hydrogens is 282 g/mol. The second kappa shape index (κ2) is 5.37. The maximum absolute atomic E-state index is 9.12. The number of nitriles is 1. The highest BCUT2D eigenvalue weighted by Gasteiger charge is 2.06. The molecule has 0 spiro atoms. The molecule has 4 rings (SSSR count). The van der Waals surface area contributed by atoms with Gasteiger partial charge >= 0.3 is 0 Å². The van der Waals surface area contributed by atoms with Crippen molar-refractivity contribution in [2.75, 3.05) is 0 Å². The fourth-order valence-electron chi connectivity index (χ4n) is 2.63. The number of nitrogens with zero attached hydrogens (tertiary/aromatic N) is 1. The third-order valence-electron chi connectivity index (χ3n) is 3.77. The summed E-state index contributed by atoms with van der Waals surface area (Å²) in [4.78, 5) is 0. The van der Waals surface area contributed by atoms with E-state index in [4.69, 9.17) is 9.68 Å². The number of hydrogen-bond acceptors (Lipinski definition) is 2. The standard InChI is InChI=1S/C21H11NO/c22-14-17-6-2-1-5-16(17)11-9-15-10-12-21-19(13-15)18-7-3-4-8-20(18)23-21/h1-8,10,12-13H. The summed E-state index contributed by atoms with van der Waals surface area (Å²) in [5, 5.41) is 11.3. The summed E-state index contributed by atoms with van der Waals surface area (Å²) in [5.74, 6) is 6.22. The van der Waals surface area contributed by atoms with Crippen LogP contribution in [0.2, 0.25) is 0 Å². The van der Waals surface area contributed by atoms with Crippen LogP contribution in [0, 0.1) is 23.2 Å². The van der Waals surface area contributed by atoms with E-state index in [2.05, 4.69) is 17.9 Å². The van der Waals surface area contributed by atoms with Crippen LogP contribution >= 0.6 is 0 Å². The van der Waals surface area contributed by atoms with Crippen LogP contribution < -0.4 is 0 Å². The highest BCUT2D eigenvalue weighted by Crippen LogP contribution is 2.28. The highest BCUT2D eigenvalue weighted by molar-refractivity contribution is 6.05. The van der Waals surface area contributed by atoms with E-state index in [-0.39, 0.29) is 0 Å². The smallest absolute Gasteiger partial charge is 0.135 e. The molecule has 0 fully saturated rings. The third-order valence-corrected chi connectivity index (χ3v) is 3.77. The number of rotatable bonds is 0. The van der Waals surface area contributed by atoms with Gasteiger partial charge < -0.3 is 4.42 Å². The van der Waals surface area contributed by atoms with Gasteiger partial charge in [-0.15, -0.1) is 0 Å². The number of hydrogen-bond donors (Lipinski definition) is 0. The Morgan fingerprint density at radius 3 is 2.30 bits per heavy atom. The largest absolute Gasteiger partial charge is 0.456 e. The lowest BCUT2D eigenvalue weighted by Crippen LogP contribution is -1.82. The number of fused-ring (bicyclic) bond motifs is 3. The first kappa shape index (κ1) is 13.2. The van der Waals surface area contributed by atoms with Crippen molar-refractivity contribution in [2.24, 2.45) is 0 Å². The van der Waals surface area contributed by atoms with Crippen molar-refractivity contribution in [2.45, 2.75) is 0 Å². The first-order valence-electron chi connectivity index (χ1n) is 7.27. The quantitative estimate of drug-likeness (QED) is 0.434. The second-order valence-electron chi connectivity index (χ2n) is 5.22. The molecule has 0 aliphatic rings. The number of furan rings is 1. The molecule has 1 heterocycles. The van der Waals surface area contributed by atoms with Gasteiger partial charge in [0.05, 0.1) is 5.56 Å². The Hall–Kier alpha value is -3.49. The molecule has 0 aliphatic heterocycles. The van der Waals surface area contributed by atoms with Gasteiger partial charge in [-0.05, 0) is 36.4 Å². The molecule has 0 amide bonds. The Bertz CT molecular complexity index is 1130. The summed E-state index contributed by atoms with van der Waals surface area (Å²) >= 11 is 0. The summed E-state index contributed by atoms with van der Waals surface area (Å²) in [6, 6.07) is 23.4.